The summed E-state index contributed by atoms with van der Waals surface area (Å²) in [7, 11) is 0. The highest BCUT2D eigenvalue weighted by atomic mass is 32.2. The van der Waals surface area contributed by atoms with Crippen LogP contribution in [0.2, 0.25) is 0 Å². The first kappa shape index (κ1) is 21.4. The van der Waals surface area contributed by atoms with Crippen LogP contribution in [-0.2, 0) is 11.2 Å². The molecule has 4 rings (SSSR count). The van der Waals surface area contributed by atoms with Crippen molar-refractivity contribution in [1.82, 2.24) is 10.2 Å². The smallest absolute Gasteiger partial charge is 0.277 e. The summed E-state index contributed by atoms with van der Waals surface area (Å²) in [4.78, 5) is 17.3. The number of rotatable bonds is 7. The van der Waals surface area contributed by atoms with Gasteiger partial charge in [0.2, 0.25) is 11.8 Å². The molecule has 6 nitrogen and oxygen atoms in total. The number of amides is 1. The van der Waals surface area contributed by atoms with Crippen molar-refractivity contribution in [3.63, 3.8) is 0 Å². The van der Waals surface area contributed by atoms with Crippen molar-refractivity contribution >= 4 is 29.0 Å². The number of anilines is 2. The average Bonchev–Trinajstić information content (AvgIpc) is 3.38. The number of carbonyl (C=O) groups is 1. The van der Waals surface area contributed by atoms with Crippen LogP contribution in [0.15, 0.2) is 58.2 Å². The lowest BCUT2D eigenvalue weighted by Crippen LogP contribution is -2.40. The zero-order valence-corrected chi connectivity index (χ0v) is 19.2. The molecule has 0 N–H and O–H groups in total. The van der Waals surface area contributed by atoms with Gasteiger partial charge in [-0.25, -0.2) is 0 Å². The predicted molar refractivity (Wildman–Crippen MR) is 126 cm³/mol. The van der Waals surface area contributed by atoms with E-state index >= 15 is 0 Å². The minimum absolute atomic E-state index is 0.0609. The van der Waals surface area contributed by atoms with E-state index in [1.165, 1.54) is 23.0 Å². The van der Waals surface area contributed by atoms with Crippen LogP contribution in [0.5, 0.6) is 0 Å². The Morgan fingerprint density at radius 1 is 1.16 bits per heavy atom. The van der Waals surface area contributed by atoms with E-state index in [9.17, 15) is 4.79 Å². The van der Waals surface area contributed by atoms with Gasteiger partial charge in [0.1, 0.15) is 0 Å². The van der Waals surface area contributed by atoms with Crippen molar-refractivity contribution in [3.8, 4) is 11.5 Å². The topological polar surface area (TPSA) is 62.5 Å². The Labute approximate surface area is 187 Å². The molecule has 0 spiro atoms. The molecule has 1 aromatic heterocycles. The van der Waals surface area contributed by atoms with Gasteiger partial charge < -0.3 is 14.2 Å². The normalized spacial score (nSPS) is 16.3. The fourth-order valence-corrected chi connectivity index (χ4v) is 4.81. The Balaban J connectivity index is 1.45. The van der Waals surface area contributed by atoms with E-state index in [1.54, 1.807) is 0 Å². The zero-order chi connectivity index (χ0) is 22.0. The highest BCUT2D eigenvalue weighted by Gasteiger charge is 2.34. The molecule has 2 heterocycles. The number of carbonyl (C=O) groups excluding carboxylic acids is 1. The molecule has 1 aliphatic heterocycles. The summed E-state index contributed by atoms with van der Waals surface area (Å²) in [5.74, 6) is 0.527. The molecule has 0 fully saturated rings. The van der Waals surface area contributed by atoms with E-state index in [0.717, 1.165) is 30.8 Å². The Hall–Kier alpha value is -2.80. The van der Waals surface area contributed by atoms with Crippen molar-refractivity contribution in [2.75, 3.05) is 22.9 Å². The number of thioether (sulfide) groups is 1. The van der Waals surface area contributed by atoms with Crippen molar-refractivity contribution < 1.29 is 9.21 Å². The summed E-state index contributed by atoms with van der Waals surface area (Å²) in [6.07, 6.45) is 0.882. The highest BCUT2D eigenvalue weighted by Crippen LogP contribution is 2.35. The number of hydrogen-bond donors (Lipinski definition) is 0. The lowest BCUT2D eigenvalue weighted by molar-refractivity contribution is -0.118. The first-order chi connectivity index (χ1) is 15.0. The molecule has 0 bridgehead atoms. The standard InChI is InChI=1S/C24H28N4O2S/c1-5-27(6-2)20-13-11-18(12-14-20)22-25-26-24(30-22)31-17(4)23(29)28-16(3)15-19-9-7-8-10-21(19)28/h7-14,16-17H,5-6,15H2,1-4H3. The third-order valence-corrected chi connectivity index (χ3v) is 6.64. The molecule has 3 aromatic rings. The maximum Gasteiger partial charge on any atom is 0.277 e. The number of benzene rings is 2. The van der Waals surface area contributed by atoms with Gasteiger partial charge in [0, 0.05) is 36.1 Å². The Morgan fingerprint density at radius 3 is 2.58 bits per heavy atom. The summed E-state index contributed by atoms with van der Waals surface area (Å²) in [6.45, 7) is 10.2. The van der Waals surface area contributed by atoms with Gasteiger partial charge in [-0.3, -0.25) is 4.79 Å². The summed E-state index contributed by atoms with van der Waals surface area (Å²) >= 11 is 1.31. The quantitative estimate of drug-likeness (QED) is 0.484. The maximum atomic E-state index is 13.2. The third-order valence-electron chi connectivity index (χ3n) is 5.72. The third kappa shape index (κ3) is 4.32. The largest absolute Gasteiger partial charge is 0.411 e. The minimum atomic E-state index is -0.327. The van der Waals surface area contributed by atoms with Gasteiger partial charge in [0.25, 0.3) is 5.22 Å². The van der Waals surface area contributed by atoms with Crippen LogP contribution in [0.4, 0.5) is 11.4 Å². The summed E-state index contributed by atoms with van der Waals surface area (Å²) in [5.41, 5.74) is 4.26. The van der Waals surface area contributed by atoms with Gasteiger partial charge in [-0.1, -0.05) is 30.0 Å². The summed E-state index contributed by atoms with van der Waals surface area (Å²) in [5, 5.41) is 8.43. The van der Waals surface area contributed by atoms with Gasteiger partial charge in [0.05, 0.1) is 5.25 Å². The van der Waals surface area contributed by atoms with Crippen LogP contribution < -0.4 is 9.80 Å². The molecule has 2 aromatic carbocycles. The van der Waals surface area contributed by atoms with Crippen LogP contribution >= 0.6 is 11.8 Å². The van der Waals surface area contributed by atoms with Gasteiger partial charge in [-0.05, 0) is 70.0 Å². The van der Waals surface area contributed by atoms with Crippen molar-refractivity contribution in [3.05, 3.63) is 54.1 Å². The molecular formula is C24H28N4O2S. The number of para-hydroxylation sites is 1. The molecule has 7 heteroatoms. The van der Waals surface area contributed by atoms with Crippen LogP contribution in [0.1, 0.15) is 33.3 Å². The molecule has 0 radical (unpaired) electrons. The monoisotopic (exact) mass is 436 g/mol. The van der Waals surface area contributed by atoms with Gasteiger partial charge in [0.15, 0.2) is 0 Å². The molecule has 1 amide bonds. The van der Waals surface area contributed by atoms with Crippen LogP contribution in [0.3, 0.4) is 0 Å². The summed E-state index contributed by atoms with van der Waals surface area (Å²) in [6, 6.07) is 16.4. The maximum absolute atomic E-state index is 13.2. The predicted octanol–water partition coefficient (Wildman–Crippen LogP) is 5.04. The lowest BCUT2D eigenvalue weighted by Gasteiger charge is -2.25. The fraction of sp³-hybridized carbons (Fsp3) is 0.375. The number of aromatic nitrogens is 2. The van der Waals surface area contributed by atoms with Crippen LogP contribution in [0.25, 0.3) is 11.5 Å². The molecule has 0 saturated carbocycles. The number of fused-ring (bicyclic) bond motifs is 1. The number of hydrogen-bond acceptors (Lipinski definition) is 6. The molecule has 2 unspecified atom stereocenters. The Kier molecular flexibility index (Phi) is 6.32. The molecule has 0 aliphatic carbocycles. The second-order valence-electron chi connectivity index (χ2n) is 7.74. The van der Waals surface area contributed by atoms with Crippen LogP contribution in [0, 0.1) is 0 Å². The molecular weight excluding hydrogens is 408 g/mol. The van der Waals surface area contributed by atoms with Crippen molar-refractivity contribution in [2.45, 2.75) is 50.6 Å². The Bertz CT molecular complexity index is 1050. The first-order valence-electron chi connectivity index (χ1n) is 10.8. The summed E-state index contributed by atoms with van der Waals surface area (Å²) < 4.78 is 5.86. The molecule has 162 valence electrons. The SMILES string of the molecule is CCN(CC)c1ccc(-c2nnc(SC(C)C(=O)N3c4ccccc4CC3C)o2)cc1. The highest BCUT2D eigenvalue weighted by molar-refractivity contribution is 8.00. The van der Waals surface area contributed by atoms with Crippen LogP contribution in [-0.4, -0.2) is 40.5 Å². The molecule has 1 aliphatic rings. The number of nitrogens with zero attached hydrogens (tertiary/aromatic N) is 4. The van der Waals surface area contributed by atoms with E-state index in [1.807, 2.05) is 42.2 Å². The zero-order valence-electron chi connectivity index (χ0n) is 18.4. The van der Waals surface area contributed by atoms with E-state index < -0.39 is 0 Å². The Morgan fingerprint density at radius 2 is 1.87 bits per heavy atom. The first-order valence-corrected chi connectivity index (χ1v) is 11.7. The van der Waals surface area contributed by atoms with Gasteiger partial charge >= 0.3 is 0 Å². The molecule has 0 saturated heterocycles. The molecule has 31 heavy (non-hydrogen) atoms. The second-order valence-corrected chi connectivity index (χ2v) is 9.03. The van der Waals surface area contributed by atoms with Gasteiger partial charge in [-0.2, -0.15) is 0 Å². The van der Waals surface area contributed by atoms with Crippen molar-refractivity contribution in [1.29, 1.82) is 0 Å². The molecule has 2 atom stereocenters. The fourth-order valence-electron chi connectivity index (χ4n) is 4.08. The average molecular weight is 437 g/mol. The van der Waals surface area contributed by atoms with Crippen molar-refractivity contribution in [2.24, 2.45) is 0 Å². The minimum Gasteiger partial charge on any atom is -0.411 e. The van der Waals surface area contributed by atoms with E-state index in [2.05, 4.69) is 54.1 Å². The second kappa shape index (κ2) is 9.14. The van der Waals surface area contributed by atoms with Gasteiger partial charge in [-0.15, -0.1) is 10.2 Å². The van der Waals surface area contributed by atoms with E-state index in [0.29, 0.717) is 11.1 Å². The van der Waals surface area contributed by atoms with E-state index in [-0.39, 0.29) is 17.2 Å². The van der Waals surface area contributed by atoms with E-state index in [4.69, 9.17) is 4.42 Å². The lowest BCUT2D eigenvalue weighted by atomic mass is 10.1.